The molecule has 1 amide bonds. The third-order valence-corrected chi connectivity index (χ3v) is 10.3. The molecule has 242 valence electrons. The lowest BCUT2D eigenvalue weighted by molar-refractivity contribution is -0.139. The van der Waals surface area contributed by atoms with Crippen molar-refractivity contribution in [1.82, 2.24) is 10.6 Å². The fraction of sp³-hybridized carbons (Fsp3) is 0.943. The molecule has 2 atom stereocenters. The molecule has 0 aliphatic carbocycles. The molecule has 1 fully saturated rings. The minimum atomic E-state index is -0.854. The Balaban J connectivity index is 2.09. The first kappa shape index (κ1) is 38.3. The summed E-state index contributed by atoms with van der Waals surface area (Å²) in [6.07, 6.45) is 34.7. The summed E-state index contributed by atoms with van der Waals surface area (Å²) < 4.78 is 0. The normalized spacial score (nSPS) is 18.6. The van der Waals surface area contributed by atoms with E-state index in [1.165, 1.54) is 153 Å². The van der Waals surface area contributed by atoms with Gasteiger partial charge < -0.3 is 10.4 Å². The highest BCUT2D eigenvalue weighted by Gasteiger charge is 2.47. The van der Waals surface area contributed by atoms with E-state index in [4.69, 9.17) is 0 Å². The number of rotatable bonds is 30. The number of carboxylic acid groups (broad SMARTS) is 1. The lowest BCUT2D eigenvalue weighted by Gasteiger charge is -2.28. The quantitative estimate of drug-likeness (QED) is 0.0719. The first-order valence-corrected chi connectivity index (χ1v) is 19.0. The van der Waals surface area contributed by atoms with Gasteiger partial charge >= 0.3 is 5.97 Å². The van der Waals surface area contributed by atoms with Gasteiger partial charge in [0.05, 0.1) is 0 Å². The van der Waals surface area contributed by atoms with Crippen molar-refractivity contribution >= 4 is 23.6 Å². The van der Waals surface area contributed by atoms with E-state index in [9.17, 15) is 14.7 Å². The van der Waals surface area contributed by atoms with Crippen molar-refractivity contribution in [3.05, 3.63) is 0 Å². The van der Waals surface area contributed by atoms with Gasteiger partial charge in [-0.3, -0.25) is 14.9 Å². The SMILES string of the molecule is CCCCCCCCCCCCCCCCCCNC(=O)C1(CCCCCCCCCCCC)N[C@H](C(=O)O)CS1. The number of unbranched alkanes of at least 4 members (excludes halogenated alkanes) is 24. The van der Waals surface area contributed by atoms with E-state index in [0.29, 0.717) is 18.7 Å². The molecule has 0 bridgehead atoms. The number of aliphatic carboxylic acids is 1. The predicted molar refractivity (Wildman–Crippen MR) is 179 cm³/mol. The topological polar surface area (TPSA) is 78.4 Å². The van der Waals surface area contributed by atoms with Gasteiger partial charge in [0.2, 0.25) is 0 Å². The number of carboxylic acids is 1. The molecular formula is C35H68N2O3S. The fourth-order valence-electron chi connectivity index (χ4n) is 5.99. The highest BCUT2D eigenvalue weighted by atomic mass is 32.2. The van der Waals surface area contributed by atoms with E-state index >= 15 is 0 Å². The smallest absolute Gasteiger partial charge is 0.321 e. The first-order chi connectivity index (χ1) is 20.1. The molecule has 1 aliphatic heterocycles. The zero-order valence-corrected chi connectivity index (χ0v) is 28.1. The molecule has 1 unspecified atom stereocenters. The summed E-state index contributed by atoms with van der Waals surface area (Å²) in [5, 5.41) is 15.8. The van der Waals surface area contributed by atoms with Crippen molar-refractivity contribution in [3.63, 3.8) is 0 Å². The molecule has 0 aromatic heterocycles. The van der Waals surface area contributed by atoms with E-state index in [-0.39, 0.29) is 5.91 Å². The average molecular weight is 597 g/mol. The lowest BCUT2D eigenvalue weighted by atomic mass is 10.0. The van der Waals surface area contributed by atoms with Crippen LogP contribution in [0, 0.1) is 0 Å². The van der Waals surface area contributed by atoms with Gasteiger partial charge in [0.25, 0.3) is 5.91 Å². The molecule has 41 heavy (non-hydrogen) atoms. The van der Waals surface area contributed by atoms with E-state index in [1.54, 1.807) is 0 Å². The standard InChI is InChI=1S/C35H68N2O3S/c1-3-5-7-9-11-13-15-16-17-18-19-20-22-24-26-28-30-36-34(40)35(37-32(31-41-35)33(38)39)29-27-25-23-21-14-12-10-8-6-4-2/h32,37H,3-31H2,1-2H3,(H,36,40)(H,38,39)/t32-,35?/m0/s1. The summed E-state index contributed by atoms with van der Waals surface area (Å²) in [5.74, 6) is -0.407. The van der Waals surface area contributed by atoms with Gasteiger partial charge in [0.15, 0.2) is 0 Å². The van der Waals surface area contributed by atoms with Crippen molar-refractivity contribution in [1.29, 1.82) is 0 Å². The minimum Gasteiger partial charge on any atom is -0.480 e. The molecule has 1 rings (SSSR count). The van der Waals surface area contributed by atoms with Gasteiger partial charge in [-0.1, -0.05) is 174 Å². The Kier molecular flexibility index (Phi) is 25.1. The van der Waals surface area contributed by atoms with Crippen LogP contribution in [0.2, 0.25) is 0 Å². The summed E-state index contributed by atoms with van der Waals surface area (Å²) in [5.41, 5.74) is 0. The number of nitrogens with one attached hydrogen (secondary N) is 2. The summed E-state index contributed by atoms with van der Waals surface area (Å²) in [7, 11) is 0. The first-order valence-electron chi connectivity index (χ1n) is 18.0. The second kappa shape index (κ2) is 26.8. The molecular weight excluding hydrogens is 528 g/mol. The van der Waals surface area contributed by atoms with Gasteiger partial charge in [-0.25, -0.2) is 0 Å². The van der Waals surface area contributed by atoms with E-state index in [2.05, 4.69) is 24.5 Å². The molecule has 5 nitrogen and oxygen atoms in total. The molecule has 0 aromatic carbocycles. The van der Waals surface area contributed by atoms with Crippen LogP contribution >= 0.6 is 11.8 Å². The van der Waals surface area contributed by atoms with Crippen molar-refractivity contribution in [2.24, 2.45) is 0 Å². The van der Waals surface area contributed by atoms with Crippen LogP contribution in [0.15, 0.2) is 0 Å². The largest absolute Gasteiger partial charge is 0.480 e. The molecule has 0 saturated carbocycles. The summed E-state index contributed by atoms with van der Waals surface area (Å²) in [4.78, 5) is 24.0. The second-order valence-corrected chi connectivity index (χ2v) is 14.0. The van der Waals surface area contributed by atoms with Gasteiger partial charge in [0.1, 0.15) is 10.9 Å². The lowest BCUT2D eigenvalue weighted by Crippen LogP contribution is -2.55. The number of thioether (sulfide) groups is 1. The van der Waals surface area contributed by atoms with Gasteiger partial charge in [-0.2, -0.15) is 0 Å². The Morgan fingerprint density at radius 3 is 1.37 bits per heavy atom. The van der Waals surface area contributed by atoms with Crippen LogP contribution in [-0.2, 0) is 9.59 Å². The predicted octanol–water partition coefficient (Wildman–Crippen LogP) is 10.2. The maximum Gasteiger partial charge on any atom is 0.321 e. The Morgan fingerprint density at radius 2 is 1.00 bits per heavy atom. The number of carbonyl (C=O) groups excluding carboxylic acids is 1. The molecule has 6 heteroatoms. The van der Waals surface area contributed by atoms with Gasteiger partial charge in [-0.05, 0) is 12.8 Å². The van der Waals surface area contributed by atoms with Crippen LogP contribution in [0.25, 0.3) is 0 Å². The Morgan fingerprint density at radius 1 is 0.634 bits per heavy atom. The summed E-state index contributed by atoms with van der Waals surface area (Å²) >= 11 is 1.50. The van der Waals surface area contributed by atoms with Crippen molar-refractivity contribution in [2.75, 3.05) is 12.3 Å². The average Bonchev–Trinajstić information content (AvgIpc) is 3.42. The summed E-state index contributed by atoms with van der Waals surface area (Å²) in [6.45, 7) is 5.23. The van der Waals surface area contributed by atoms with Crippen LogP contribution in [0.1, 0.15) is 187 Å². The highest BCUT2D eigenvalue weighted by molar-refractivity contribution is 8.01. The third-order valence-electron chi connectivity index (χ3n) is 8.77. The maximum atomic E-state index is 13.2. The molecule has 0 aromatic rings. The van der Waals surface area contributed by atoms with E-state index in [0.717, 1.165) is 25.7 Å². The number of hydrogen-bond acceptors (Lipinski definition) is 4. The van der Waals surface area contributed by atoms with Crippen molar-refractivity contribution in [2.45, 2.75) is 198 Å². The zero-order valence-electron chi connectivity index (χ0n) is 27.3. The monoisotopic (exact) mass is 596 g/mol. The van der Waals surface area contributed by atoms with E-state index < -0.39 is 16.9 Å². The van der Waals surface area contributed by atoms with E-state index in [1.807, 2.05) is 0 Å². The molecule has 3 N–H and O–H groups in total. The van der Waals surface area contributed by atoms with Crippen molar-refractivity contribution < 1.29 is 14.7 Å². The van der Waals surface area contributed by atoms with Crippen LogP contribution in [-0.4, -0.2) is 40.2 Å². The Labute approximate surface area is 258 Å². The summed E-state index contributed by atoms with van der Waals surface area (Å²) in [6, 6.07) is -0.635. The van der Waals surface area contributed by atoms with Crippen molar-refractivity contribution in [3.8, 4) is 0 Å². The second-order valence-electron chi connectivity index (χ2n) is 12.7. The molecule has 0 spiro atoms. The fourth-order valence-corrected chi connectivity index (χ4v) is 7.39. The Bertz CT molecular complexity index is 633. The third kappa shape index (κ3) is 19.9. The highest BCUT2D eigenvalue weighted by Crippen LogP contribution is 2.36. The van der Waals surface area contributed by atoms with Crippen LogP contribution in [0.5, 0.6) is 0 Å². The Hall–Kier alpha value is -0.750. The molecule has 1 heterocycles. The molecule has 1 aliphatic rings. The number of amides is 1. The zero-order chi connectivity index (χ0) is 29.9. The minimum absolute atomic E-state index is 0.0110. The van der Waals surface area contributed by atoms with Crippen LogP contribution < -0.4 is 10.6 Å². The van der Waals surface area contributed by atoms with Crippen LogP contribution in [0.4, 0.5) is 0 Å². The number of carbonyl (C=O) groups is 2. The maximum absolute atomic E-state index is 13.2. The molecule has 0 radical (unpaired) electrons. The number of hydrogen-bond donors (Lipinski definition) is 3. The van der Waals surface area contributed by atoms with Gasteiger partial charge in [-0.15, -0.1) is 11.8 Å². The van der Waals surface area contributed by atoms with Crippen LogP contribution in [0.3, 0.4) is 0 Å². The molecule has 1 saturated heterocycles. The van der Waals surface area contributed by atoms with Gasteiger partial charge in [0, 0.05) is 12.3 Å².